The number of hydrogen-bond donors (Lipinski definition) is 1. The molecule has 1 amide bonds. The third kappa shape index (κ3) is 7.99. The fourth-order valence-electron chi connectivity index (χ4n) is 6.02. The van der Waals surface area contributed by atoms with E-state index in [4.69, 9.17) is 11.6 Å². The number of pyridine rings is 1. The Kier molecular flexibility index (Phi) is 9.47. The number of nitrogens with one attached hydrogen (secondary N) is 1. The zero-order chi connectivity index (χ0) is 28.8. The number of benzene rings is 2. The minimum atomic E-state index is -4.35. The highest BCUT2D eigenvalue weighted by Crippen LogP contribution is 2.33. The number of piperidine rings is 1. The number of likely N-dealkylation sites (tertiary alicyclic amines) is 1. The monoisotopic (exact) mass is 585 g/mol. The van der Waals surface area contributed by atoms with Gasteiger partial charge in [0.1, 0.15) is 0 Å². The fraction of sp³-hybridized carbons (Fsp3) is 0.419. The van der Waals surface area contributed by atoms with Crippen molar-refractivity contribution in [3.8, 4) is 0 Å². The predicted octanol–water partition coefficient (Wildman–Crippen LogP) is 6.19. The van der Waals surface area contributed by atoms with Crippen molar-refractivity contribution in [2.45, 2.75) is 38.0 Å². The van der Waals surface area contributed by atoms with E-state index in [9.17, 15) is 18.0 Å². The average molecular weight is 586 g/mol. The summed E-state index contributed by atoms with van der Waals surface area (Å²) >= 11 is 6.07. The summed E-state index contributed by atoms with van der Waals surface area (Å²) in [5.41, 5.74) is 1.70. The normalized spacial score (nSPS) is 20.6. The Morgan fingerprint density at radius 1 is 0.976 bits per heavy atom. The Hall–Kier alpha value is -3.14. The van der Waals surface area contributed by atoms with Crippen LogP contribution in [0.3, 0.4) is 0 Å². The minimum Gasteiger partial charge on any atom is -0.369 e. The third-order valence-electron chi connectivity index (χ3n) is 8.06. The molecule has 2 fully saturated rings. The lowest BCUT2D eigenvalue weighted by Gasteiger charge is -2.47. The molecule has 6 nitrogen and oxygen atoms in total. The van der Waals surface area contributed by atoms with Crippen LogP contribution in [0.4, 0.5) is 24.5 Å². The van der Waals surface area contributed by atoms with E-state index in [-0.39, 0.29) is 11.8 Å². The van der Waals surface area contributed by atoms with E-state index in [0.717, 1.165) is 57.3 Å². The number of hydrogen-bond acceptors (Lipinski definition) is 5. The third-order valence-corrected chi connectivity index (χ3v) is 8.30. The number of alkyl halides is 3. The Balaban J connectivity index is 1.22. The second kappa shape index (κ2) is 13.2. The van der Waals surface area contributed by atoms with Crippen molar-refractivity contribution >= 4 is 28.9 Å². The van der Waals surface area contributed by atoms with Gasteiger partial charge in [0.05, 0.1) is 11.3 Å². The van der Waals surface area contributed by atoms with Crippen molar-refractivity contribution in [3.05, 3.63) is 89.2 Å². The summed E-state index contributed by atoms with van der Waals surface area (Å²) in [4.78, 5) is 24.3. The first-order valence-corrected chi connectivity index (χ1v) is 14.5. The quantitative estimate of drug-likeness (QED) is 0.342. The predicted molar refractivity (Wildman–Crippen MR) is 156 cm³/mol. The van der Waals surface area contributed by atoms with Crippen molar-refractivity contribution in [2.24, 2.45) is 5.92 Å². The highest BCUT2D eigenvalue weighted by molar-refractivity contribution is 6.30. The lowest BCUT2D eigenvalue weighted by Crippen LogP contribution is -2.56. The SMILES string of the molecule is O=C(CC[C@@H]1CN(Cc2ccccn2)CC[C@@H]1N1CCN(c2cccc(C(F)(F)F)c2)CC1)Nc1cccc(Cl)c1. The molecular formula is C31H35ClF3N5O. The summed E-state index contributed by atoms with van der Waals surface area (Å²) < 4.78 is 39.8. The first-order valence-electron chi connectivity index (χ1n) is 14.1. The van der Waals surface area contributed by atoms with Gasteiger partial charge in [-0.15, -0.1) is 0 Å². The number of amides is 1. The molecule has 2 atom stereocenters. The van der Waals surface area contributed by atoms with E-state index < -0.39 is 11.7 Å². The summed E-state index contributed by atoms with van der Waals surface area (Å²) in [6.07, 6.45) is -0.438. The molecule has 1 aromatic heterocycles. The van der Waals surface area contributed by atoms with Gasteiger partial charge in [-0.2, -0.15) is 13.2 Å². The highest BCUT2D eigenvalue weighted by atomic mass is 35.5. The van der Waals surface area contributed by atoms with Gasteiger partial charge in [0.2, 0.25) is 5.91 Å². The standard InChI is InChI=1S/C31H35ClF3N5O/c32-25-6-4-8-26(20-25)37-30(41)11-10-23-21-38(22-27-7-1-2-13-36-27)14-12-29(23)40-17-15-39(16-18-40)28-9-3-5-24(19-28)31(33,34)35/h1-9,13,19-20,23,29H,10-12,14-18,21-22H2,(H,37,41)/t23-,29+/m1/s1. The number of rotatable bonds is 8. The number of carbonyl (C=O) groups is 1. The molecule has 218 valence electrons. The molecule has 0 bridgehead atoms. The van der Waals surface area contributed by atoms with Crippen LogP contribution in [0.15, 0.2) is 72.9 Å². The number of aromatic nitrogens is 1. The van der Waals surface area contributed by atoms with Crippen LogP contribution in [0.25, 0.3) is 0 Å². The van der Waals surface area contributed by atoms with Crippen molar-refractivity contribution < 1.29 is 18.0 Å². The molecule has 10 heteroatoms. The molecule has 2 aliphatic rings. The second-order valence-electron chi connectivity index (χ2n) is 10.8. The Labute approximate surface area is 244 Å². The summed E-state index contributed by atoms with van der Waals surface area (Å²) in [5.74, 6) is 0.236. The average Bonchev–Trinajstić information content (AvgIpc) is 2.96. The molecule has 3 aromatic rings. The molecule has 2 saturated heterocycles. The second-order valence-corrected chi connectivity index (χ2v) is 11.3. The molecule has 0 saturated carbocycles. The van der Waals surface area contributed by atoms with Gasteiger partial charge in [-0.05, 0) is 67.3 Å². The van der Waals surface area contributed by atoms with Crippen LogP contribution in [0, 0.1) is 5.92 Å². The Morgan fingerprint density at radius 2 is 1.78 bits per heavy atom. The highest BCUT2D eigenvalue weighted by Gasteiger charge is 2.36. The maximum Gasteiger partial charge on any atom is 0.416 e. The summed E-state index contributed by atoms with van der Waals surface area (Å²) in [7, 11) is 0. The molecule has 2 aromatic carbocycles. The van der Waals surface area contributed by atoms with E-state index in [0.29, 0.717) is 41.9 Å². The smallest absolute Gasteiger partial charge is 0.369 e. The van der Waals surface area contributed by atoms with Gasteiger partial charge in [-0.3, -0.25) is 19.6 Å². The van der Waals surface area contributed by atoms with E-state index in [1.54, 1.807) is 18.2 Å². The van der Waals surface area contributed by atoms with Crippen LogP contribution < -0.4 is 10.2 Å². The first-order chi connectivity index (χ1) is 19.7. The Bertz CT molecular complexity index is 1300. The molecule has 5 rings (SSSR count). The van der Waals surface area contributed by atoms with Gasteiger partial charge >= 0.3 is 6.18 Å². The number of nitrogens with zero attached hydrogens (tertiary/aromatic N) is 4. The molecular weight excluding hydrogens is 551 g/mol. The van der Waals surface area contributed by atoms with Gasteiger partial charge in [0.25, 0.3) is 0 Å². The lowest BCUT2D eigenvalue weighted by molar-refractivity contribution is -0.137. The molecule has 0 radical (unpaired) electrons. The van der Waals surface area contributed by atoms with E-state index in [1.807, 2.05) is 41.4 Å². The molecule has 0 unspecified atom stereocenters. The maximum absolute atomic E-state index is 13.3. The minimum absolute atomic E-state index is 0.0396. The first kappa shape index (κ1) is 29.4. The molecule has 41 heavy (non-hydrogen) atoms. The number of anilines is 2. The van der Waals surface area contributed by atoms with Crippen molar-refractivity contribution in [3.63, 3.8) is 0 Å². The van der Waals surface area contributed by atoms with E-state index >= 15 is 0 Å². The Morgan fingerprint density at radius 3 is 2.51 bits per heavy atom. The topological polar surface area (TPSA) is 51.7 Å². The van der Waals surface area contributed by atoms with Crippen LogP contribution in [-0.2, 0) is 17.5 Å². The fourth-order valence-corrected chi connectivity index (χ4v) is 6.21. The van der Waals surface area contributed by atoms with Gasteiger partial charge in [-0.1, -0.05) is 29.8 Å². The van der Waals surface area contributed by atoms with Gasteiger partial charge in [0.15, 0.2) is 0 Å². The van der Waals surface area contributed by atoms with Crippen LogP contribution in [0.5, 0.6) is 0 Å². The summed E-state index contributed by atoms with van der Waals surface area (Å²) in [6, 6.07) is 19.0. The van der Waals surface area contributed by atoms with E-state index in [2.05, 4.69) is 20.1 Å². The van der Waals surface area contributed by atoms with Crippen LogP contribution in [0.1, 0.15) is 30.5 Å². The van der Waals surface area contributed by atoms with Crippen LogP contribution in [-0.4, -0.2) is 66.0 Å². The zero-order valence-electron chi connectivity index (χ0n) is 22.9. The lowest BCUT2D eigenvalue weighted by atomic mass is 9.86. The van der Waals surface area contributed by atoms with Crippen molar-refractivity contribution in [1.29, 1.82) is 0 Å². The number of carbonyl (C=O) groups excluding carboxylic acids is 1. The molecule has 0 spiro atoms. The van der Waals surface area contributed by atoms with E-state index in [1.165, 1.54) is 12.1 Å². The molecule has 0 aliphatic carbocycles. The van der Waals surface area contributed by atoms with Crippen molar-refractivity contribution in [1.82, 2.24) is 14.8 Å². The molecule has 1 N–H and O–H groups in total. The largest absolute Gasteiger partial charge is 0.416 e. The van der Waals surface area contributed by atoms with Gasteiger partial charge in [0, 0.05) is 80.9 Å². The van der Waals surface area contributed by atoms with Gasteiger partial charge in [-0.25, -0.2) is 0 Å². The summed E-state index contributed by atoms with van der Waals surface area (Å²) in [5, 5.41) is 3.53. The number of halogens is 4. The summed E-state index contributed by atoms with van der Waals surface area (Å²) in [6.45, 7) is 5.43. The maximum atomic E-state index is 13.3. The molecule has 3 heterocycles. The number of piperazine rings is 1. The van der Waals surface area contributed by atoms with Gasteiger partial charge < -0.3 is 10.2 Å². The molecule has 2 aliphatic heterocycles. The zero-order valence-corrected chi connectivity index (χ0v) is 23.6. The van der Waals surface area contributed by atoms with Crippen LogP contribution >= 0.6 is 11.6 Å². The van der Waals surface area contributed by atoms with Crippen LogP contribution in [0.2, 0.25) is 5.02 Å². The van der Waals surface area contributed by atoms with Crippen molar-refractivity contribution in [2.75, 3.05) is 49.5 Å².